The minimum Gasteiger partial charge on any atom is -0.405 e. The Labute approximate surface area is 111 Å². The van der Waals surface area contributed by atoms with Gasteiger partial charge in [-0.05, 0) is 47.1 Å². The van der Waals surface area contributed by atoms with E-state index in [0.717, 1.165) is 25.2 Å². The summed E-state index contributed by atoms with van der Waals surface area (Å²) in [7, 11) is 0. The quantitative estimate of drug-likeness (QED) is 0.896. The Morgan fingerprint density at radius 1 is 1.39 bits per heavy atom. The summed E-state index contributed by atoms with van der Waals surface area (Å²) in [6, 6.07) is 4.76. The van der Waals surface area contributed by atoms with Crippen molar-refractivity contribution < 1.29 is 17.9 Å². The number of rotatable bonds is 3. The lowest BCUT2D eigenvalue weighted by Crippen LogP contribution is -2.22. The largest absolute Gasteiger partial charge is 0.573 e. The molecule has 7 heteroatoms. The van der Waals surface area contributed by atoms with Crippen LogP contribution in [-0.4, -0.2) is 25.5 Å². The van der Waals surface area contributed by atoms with Crippen LogP contribution in [0.1, 0.15) is 6.42 Å². The van der Waals surface area contributed by atoms with Gasteiger partial charge >= 0.3 is 6.36 Å². The average Bonchev–Trinajstić information content (AvgIpc) is 2.73. The molecular formula is C11H12BrF3N2O. The van der Waals surface area contributed by atoms with Gasteiger partial charge in [-0.15, -0.1) is 13.2 Å². The van der Waals surface area contributed by atoms with E-state index in [4.69, 9.17) is 0 Å². The predicted octanol–water partition coefficient (Wildman–Crippen LogP) is 3.12. The minimum atomic E-state index is -4.67. The maximum absolute atomic E-state index is 12.1. The van der Waals surface area contributed by atoms with Crippen LogP contribution in [0.4, 0.5) is 18.9 Å². The van der Waals surface area contributed by atoms with Crippen molar-refractivity contribution in [2.75, 3.05) is 18.4 Å². The second-order valence-corrected chi connectivity index (χ2v) is 4.88. The molecule has 18 heavy (non-hydrogen) atoms. The van der Waals surface area contributed by atoms with Crippen LogP contribution >= 0.6 is 15.9 Å². The van der Waals surface area contributed by atoms with Gasteiger partial charge < -0.3 is 15.4 Å². The summed E-state index contributed by atoms with van der Waals surface area (Å²) in [4.78, 5) is 0. The second-order valence-electron chi connectivity index (χ2n) is 4.03. The molecule has 0 aromatic heterocycles. The molecule has 1 unspecified atom stereocenters. The molecule has 1 aliphatic rings. The molecule has 0 spiro atoms. The Kier molecular flexibility index (Phi) is 4.01. The molecule has 1 aromatic carbocycles. The van der Waals surface area contributed by atoms with E-state index in [0.29, 0.717) is 6.04 Å². The van der Waals surface area contributed by atoms with Crippen molar-refractivity contribution >= 4 is 21.6 Å². The zero-order valence-electron chi connectivity index (χ0n) is 9.35. The Hall–Kier alpha value is -0.950. The number of alkyl halides is 3. The number of anilines is 1. The van der Waals surface area contributed by atoms with E-state index in [1.54, 1.807) is 12.1 Å². The summed E-state index contributed by atoms with van der Waals surface area (Å²) < 4.78 is 40.4. The zero-order valence-corrected chi connectivity index (χ0v) is 10.9. The fourth-order valence-electron chi connectivity index (χ4n) is 1.81. The van der Waals surface area contributed by atoms with Gasteiger partial charge in [0, 0.05) is 18.3 Å². The molecule has 1 atom stereocenters. The fourth-order valence-corrected chi connectivity index (χ4v) is 2.27. The van der Waals surface area contributed by atoms with E-state index >= 15 is 0 Å². The number of ether oxygens (including phenoxy) is 1. The van der Waals surface area contributed by atoms with Crippen LogP contribution in [0.2, 0.25) is 0 Å². The lowest BCUT2D eigenvalue weighted by Gasteiger charge is -2.15. The van der Waals surface area contributed by atoms with Gasteiger partial charge in [-0.3, -0.25) is 0 Å². The van der Waals surface area contributed by atoms with Gasteiger partial charge in [0.1, 0.15) is 5.75 Å². The molecule has 2 rings (SSSR count). The fraction of sp³-hybridized carbons (Fsp3) is 0.455. The first-order valence-corrected chi connectivity index (χ1v) is 6.26. The number of halogens is 4. The van der Waals surface area contributed by atoms with E-state index < -0.39 is 6.36 Å². The molecule has 1 fully saturated rings. The first-order chi connectivity index (χ1) is 8.44. The van der Waals surface area contributed by atoms with E-state index in [2.05, 4.69) is 31.3 Å². The summed E-state index contributed by atoms with van der Waals surface area (Å²) in [6.07, 6.45) is -3.68. The Bertz CT molecular complexity index is 419. The summed E-state index contributed by atoms with van der Waals surface area (Å²) in [5.74, 6) is -0.238. The lowest BCUT2D eigenvalue weighted by atomic mass is 10.2. The average molecular weight is 325 g/mol. The number of hydrogen-bond acceptors (Lipinski definition) is 3. The van der Waals surface area contributed by atoms with Crippen molar-refractivity contribution in [3.8, 4) is 5.75 Å². The Morgan fingerprint density at radius 3 is 2.72 bits per heavy atom. The van der Waals surface area contributed by atoms with Crippen molar-refractivity contribution in [1.82, 2.24) is 5.32 Å². The molecule has 1 aromatic rings. The highest BCUT2D eigenvalue weighted by Crippen LogP contribution is 2.32. The Morgan fingerprint density at radius 2 is 2.17 bits per heavy atom. The van der Waals surface area contributed by atoms with Crippen LogP contribution in [0.15, 0.2) is 22.7 Å². The SMILES string of the molecule is FC(F)(F)Oc1ccc(NC2CCNC2)cc1Br. The Balaban J connectivity index is 2.04. The first kappa shape index (κ1) is 13.5. The third kappa shape index (κ3) is 3.78. The lowest BCUT2D eigenvalue weighted by molar-refractivity contribution is -0.274. The van der Waals surface area contributed by atoms with Gasteiger partial charge in [0.15, 0.2) is 0 Å². The zero-order chi connectivity index (χ0) is 13.2. The smallest absolute Gasteiger partial charge is 0.405 e. The second kappa shape index (κ2) is 5.36. The summed E-state index contributed by atoms with van der Waals surface area (Å²) in [5, 5.41) is 6.44. The normalized spacial score (nSPS) is 19.9. The highest BCUT2D eigenvalue weighted by Gasteiger charge is 2.32. The van der Waals surface area contributed by atoms with Crippen LogP contribution in [0.25, 0.3) is 0 Å². The van der Waals surface area contributed by atoms with Crippen molar-refractivity contribution in [3.63, 3.8) is 0 Å². The first-order valence-electron chi connectivity index (χ1n) is 5.46. The molecule has 0 saturated carbocycles. The topological polar surface area (TPSA) is 33.3 Å². The highest BCUT2D eigenvalue weighted by molar-refractivity contribution is 9.10. The van der Waals surface area contributed by atoms with Crippen molar-refractivity contribution in [3.05, 3.63) is 22.7 Å². The highest BCUT2D eigenvalue weighted by atomic mass is 79.9. The summed E-state index contributed by atoms with van der Waals surface area (Å²) in [6.45, 7) is 1.81. The van der Waals surface area contributed by atoms with E-state index in [1.807, 2.05) is 0 Å². The van der Waals surface area contributed by atoms with E-state index in [-0.39, 0.29) is 10.2 Å². The maximum Gasteiger partial charge on any atom is 0.573 e. The number of hydrogen-bond donors (Lipinski definition) is 2. The molecular weight excluding hydrogens is 313 g/mol. The van der Waals surface area contributed by atoms with Crippen molar-refractivity contribution in [2.45, 2.75) is 18.8 Å². The van der Waals surface area contributed by atoms with Gasteiger partial charge in [-0.1, -0.05) is 0 Å². The molecule has 1 aliphatic heterocycles. The molecule has 100 valence electrons. The monoisotopic (exact) mass is 324 g/mol. The number of benzene rings is 1. The van der Waals surface area contributed by atoms with Gasteiger partial charge in [-0.25, -0.2) is 0 Å². The molecule has 3 nitrogen and oxygen atoms in total. The van der Waals surface area contributed by atoms with Crippen molar-refractivity contribution in [2.24, 2.45) is 0 Å². The van der Waals surface area contributed by atoms with Crippen LogP contribution in [0.3, 0.4) is 0 Å². The van der Waals surface area contributed by atoms with Crippen LogP contribution in [0, 0.1) is 0 Å². The maximum atomic E-state index is 12.1. The van der Waals surface area contributed by atoms with Crippen LogP contribution in [0.5, 0.6) is 5.75 Å². The van der Waals surface area contributed by atoms with Crippen LogP contribution in [-0.2, 0) is 0 Å². The summed E-state index contributed by atoms with van der Waals surface area (Å²) >= 11 is 3.07. The molecule has 1 saturated heterocycles. The minimum absolute atomic E-state index is 0.238. The molecule has 2 N–H and O–H groups in total. The summed E-state index contributed by atoms with van der Waals surface area (Å²) in [5.41, 5.74) is 0.769. The molecule has 0 aliphatic carbocycles. The molecule has 1 heterocycles. The van der Waals surface area contributed by atoms with Crippen molar-refractivity contribution in [1.29, 1.82) is 0 Å². The van der Waals surface area contributed by atoms with E-state index in [1.165, 1.54) is 6.07 Å². The van der Waals surface area contributed by atoms with Crippen LogP contribution < -0.4 is 15.4 Å². The molecule has 0 radical (unpaired) electrons. The van der Waals surface area contributed by atoms with E-state index in [9.17, 15) is 13.2 Å². The molecule has 0 amide bonds. The third-order valence-electron chi connectivity index (χ3n) is 2.59. The van der Waals surface area contributed by atoms with Gasteiger partial charge in [0.2, 0.25) is 0 Å². The standard InChI is InChI=1S/C11H12BrF3N2O/c12-9-5-7(17-8-3-4-16-6-8)1-2-10(9)18-11(13,14)15/h1-2,5,8,16-17H,3-4,6H2. The van der Waals surface area contributed by atoms with Gasteiger partial charge in [-0.2, -0.15) is 0 Å². The van der Waals surface area contributed by atoms with Gasteiger partial charge in [0.25, 0.3) is 0 Å². The van der Waals surface area contributed by atoms with Gasteiger partial charge in [0.05, 0.1) is 4.47 Å². The number of nitrogens with one attached hydrogen (secondary N) is 2. The third-order valence-corrected chi connectivity index (χ3v) is 3.21. The molecule has 0 bridgehead atoms. The predicted molar refractivity (Wildman–Crippen MR) is 65.7 cm³/mol.